The van der Waals surface area contributed by atoms with E-state index in [9.17, 15) is 4.79 Å². The van der Waals surface area contributed by atoms with E-state index in [1.807, 2.05) is 36.1 Å². The monoisotopic (exact) mass is 295 g/mol. The molecule has 1 N–H and O–H groups in total. The number of thioether (sulfide) groups is 1. The summed E-state index contributed by atoms with van der Waals surface area (Å²) < 4.78 is 5.38. The molecule has 0 saturated heterocycles. The van der Waals surface area contributed by atoms with Crippen LogP contribution in [0, 0.1) is 0 Å². The van der Waals surface area contributed by atoms with Gasteiger partial charge in [-0.3, -0.25) is 4.79 Å². The predicted octanol–water partition coefficient (Wildman–Crippen LogP) is 2.16. The average Bonchev–Trinajstić information content (AvgIpc) is 3.28. The fraction of sp³-hybridized carbons (Fsp3) is 0.533. The molecule has 1 aromatic rings. The van der Waals surface area contributed by atoms with Crippen LogP contribution in [0.1, 0.15) is 19.8 Å². The van der Waals surface area contributed by atoms with E-state index in [2.05, 4.69) is 0 Å². The highest BCUT2D eigenvalue weighted by atomic mass is 32.2. The fourth-order valence-corrected chi connectivity index (χ4v) is 2.82. The lowest BCUT2D eigenvalue weighted by molar-refractivity contribution is -0.129. The van der Waals surface area contributed by atoms with Crippen molar-refractivity contribution in [1.29, 1.82) is 0 Å². The maximum absolute atomic E-state index is 12.1. The Balaban J connectivity index is 1.82. The van der Waals surface area contributed by atoms with Crippen LogP contribution in [0.5, 0.6) is 5.75 Å². The molecule has 0 aromatic heterocycles. The van der Waals surface area contributed by atoms with Crippen molar-refractivity contribution in [3.8, 4) is 5.75 Å². The molecule has 0 unspecified atom stereocenters. The molecule has 1 aliphatic rings. The van der Waals surface area contributed by atoms with Gasteiger partial charge in [-0.15, -0.1) is 11.8 Å². The minimum Gasteiger partial charge on any atom is -0.494 e. The lowest BCUT2D eigenvalue weighted by atomic mass is 10.3. The summed E-state index contributed by atoms with van der Waals surface area (Å²) in [5.41, 5.74) is 0. The molecule has 0 spiro atoms. The van der Waals surface area contributed by atoms with Crippen LogP contribution in [-0.2, 0) is 4.79 Å². The third-order valence-electron chi connectivity index (χ3n) is 3.15. The summed E-state index contributed by atoms with van der Waals surface area (Å²) in [5, 5.41) is 9.01. The smallest absolute Gasteiger partial charge is 0.233 e. The van der Waals surface area contributed by atoms with Crippen LogP contribution in [0.25, 0.3) is 0 Å². The lowest BCUT2D eigenvalue weighted by Crippen LogP contribution is -2.36. The second-order valence-electron chi connectivity index (χ2n) is 4.74. The third-order valence-corrected chi connectivity index (χ3v) is 4.14. The first-order chi connectivity index (χ1) is 9.74. The molecule has 5 heteroatoms. The Morgan fingerprint density at radius 2 is 2.10 bits per heavy atom. The van der Waals surface area contributed by atoms with Gasteiger partial charge in [-0.2, -0.15) is 0 Å². The number of amides is 1. The Kier molecular flexibility index (Phi) is 5.73. The minimum atomic E-state index is 0.0377. The Bertz CT molecular complexity index is 431. The number of hydrogen-bond donors (Lipinski definition) is 1. The summed E-state index contributed by atoms with van der Waals surface area (Å²) >= 11 is 1.53. The van der Waals surface area contributed by atoms with Crippen molar-refractivity contribution in [1.82, 2.24) is 4.90 Å². The maximum atomic E-state index is 12.1. The first kappa shape index (κ1) is 15.2. The minimum absolute atomic E-state index is 0.0377. The number of aliphatic hydroxyl groups is 1. The molecule has 0 aliphatic heterocycles. The molecule has 20 heavy (non-hydrogen) atoms. The van der Waals surface area contributed by atoms with Crippen molar-refractivity contribution in [2.24, 2.45) is 0 Å². The van der Waals surface area contributed by atoms with E-state index >= 15 is 0 Å². The van der Waals surface area contributed by atoms with Crippen molar-refractivity contribution >= 4 is 17.7 Å². The highest BCUT2D eigenvalue weighted by Crippen LogP contribution is 2.28. The van der Waals surface area contributed by atoms with Gasteiger partial charge in [0.1, 0.15) is 5.75 Å². The summed E-state index contributed by atoms with van der Waals surface area (Å²) in [6, 6.07) is 8.13. The molecule has 0 bridgehead atoms. The fourth-order valence-electron chi connectivity index (χ4n) is 2.03. The quantitative estimate of drug-likeness (QED) is 0.747. The zero-order valence-corrected chi connectivity index (χ0v) is 12.6. The van der Waals surface area contributed by atoms with Gasteiger partial charge in [-0.1, -0.05) is 0 Å². The Labute approximate surface area is 124 Å². The topological polar surface area (TPSA) is 49.8 Å². The number of carbonyl (C=O) groups excluding carboxylic acids is 1. The predicted molar refractivity (Wildman–Crippen MR) is 80.2 cm³/mol. The van der Waals surface area contributed by atoms with E-state index in [0.29, 0.717) is 24.9 Å². The Hall–Kier alpha value is -1.20. The number of rotatable bonds is 8. The van der Waals surface area contributed by atoms with Gasteiger partial charge in [0.2, 0.25) is 5.91 Å². The number of benzene rings is 1. The van der Waals surface area contributed by atoms with Crippen LogP contribution < -0.4 is 4.74 Å². The zero-order valence-electron chi connectivity index (χ0n) is 11.7. The summed E-state index contributed by atoms with van der Waals surface area (Å²) in [5.74, 6) is 1.38. The summed E-state index contributed by atoms with van der Waals surface area (Å²) in [6.45, 7) is 3.10. The van der Waals surface area contributed by atoms with Crippen molar-refractivity contribution in [2.45, 2.75) is 30.7 Å². The molecule has 1 aliphatic carbocycles. The normalized spacial score (nSPS) is 14.1. The van der Waals surface area contributed by atoms with Crippen molar-refractivity contribution in [2.75, 3.05) is 25.5 Å². The highest BCUT2D eigenvalue weighted by Gasteiger charge is 2.31. The van der Waals surface area contributed by atoms with Crippen molar-refractivity contribution in [3.05, 3.63) is 24.3 Å². The second-order valence-corrected chi connectivity index (χ2v) is 5.78. The summed E-state index contributed by atoms with van der Waals surface area (Å²) in [6.07, 6.45) is 2.14. The van der Waals surface area contributed by atoms with E-state index in [1.165, 1.54) is 11.8 Å². The van der Waals surface area contributed by atoms with E-state index in [0.717, 1.165) is 23.5 Å². The van der Waals surface area contributed by atoms with E-state index in [4.69, 9.17) is 9.84 Å². The number of aliphatic hydroxyl groups excluding tert-OH is 1. The molecule has 2 rings (SSSR count). The van der Waals surface area contributed by atoms with E-state index in [1.54, 1.807) is 0 Å². The van der Waals surface area contributed by atoms with Gasteiger partial charge in [-0.05, 0) is 44.0 Å². The second kappa shape index (κ2) is 7.55. The number of hydrogen-bond acceptors (Lipinski definition) is 4. The molecule has 0 radical (unpaired) electrons. The van der Waals surface area contributed by atoms with Gasteiger partial charge in [0.25, 0.3) is 0 Å². The zero-order chi connectivity index (χ0) is 14.4. The van der Waals surface area contributed by atoms with Crippen LogP contribution in [0.2, 0.25) is 0 Å². The van der Waals surface area contributed by atoms with E-state index in [-0.39, 0.29) is 12.5 Å². The highest BCUT2D eigenvalue weighted by molar-refractivity contribution is 8.00. The molecular weight excluding hydrogens is 274 g/mol. The molecular formula is C15H21NO3S. The lowest BCUT2D eigenvalue weighted by Gasteiger charge is -2.21. The summed E-state index contributed by atoms with van der Waals surface area (Å²) in [7, 11) is 0. The van der Waals surface area contributed by atoms with Crippen LogP contribution in [0.15, 0.2) is 29.2 Å². The van der Waals surface area contributed by atoms with Crippen molar-refractivity contribution < 1.29 is 14.6 Å². The number of nitrogens with zero attached hydrogens (tertiary/aromatic N) is 1. The summed E-state index contributed by atoms with van der Waals surface area (Å²) in [4.78, 5) is 15.0. The first-order valence-corrected chi connectivity index (χ1v) is 7.99. The van der Waals surface area contributed by atoms with Gasteiger partial charge in [-0.25, -0.2) is 0 Å². The van der Waals surface area contributed by atoms with Gasteiger partial charge in [0.05, 0.1) is 19.0 Å². The largest absolute Gasteiger partial charge is 0.494 e. The average molecular weight is 295 g/mol. The van der Waals surface area contributed by atoms with Gasteiger partial charge >= 0.3 is 0 Å². The molecule has 1 aromatic carbocycles. The third kappa shape index (κ3) is 4.42. The van der Waals surface area contributed by atoms with E-state index < -0.39 is 0 Å². The SMILES string of the molecule is CCOc1ccc(SCC(=O)N(CCO)C2CC2)cc1. The van der Waals surface area contributed by atoms with Gasteiger partial charge < -0.3 is 14.7 Å². The van der Waals surface area contributed by atoms with Crippen LogP contribution in [0.3, 0.4) is 0 Å². The Morgan fingerprint density at radius 1 is 1.40 bits per heavy atom. The first-order valence-electron chi connectivity index (χ1n) is 7.00. The van der Waals surface area contributed by atoms with Gasteiger partial charge in [0, 0.05) is 17.5 Å². The Morgan fingerprint density at radius 3 is 2.65 bits per heavy atom. The van der Waals surface area contributed by atoms with Crippen molar-refractivity contribution in [3.63, 3.8) is 0 Å². The van der Waals surface area contributed by atoms with Crippen LogP contribution in [0.4, 0.5) is 0 Å². The molecule has 1 fully saturated rings. The number of carbonyl (C=O) groups is 1. The maximum Gasteiger partial charge on any atom is 0.233 e. The molecule has 0 heterocycles. The van der Waals surface area contributed by atoms with Crippen LogP contribution in [-0.4, -0.2) is 47.5 Å². The molecule has 1 amide bonds. The molecule has 4 nitrogen and oxygen atoms in total. The van der Waals surface area contributed by atoms with Gasteiger partial charge in [0.15, 0.2) is 0 Å². The molecule has 0 atom stereocenters. The standard InChI is InChI=1S/C15H21NO3S/c1-2-19-13-5-7-14(8-6-13)20-11-15(18)16(9-10-17)12-3-4-12/h5-8,12,17H,2-4,9-11H2,1H3. The molecule has 110 valence electrons. The number of ether oxygens (including phenoxy) is 1. The molecule has 1 saturated carbocycles. The van der Waals surface area contributed by atoms with Crippen LogP contribution >= 0.6 is 11.8 Å².